The summed E-state index contributed by atoms with van der Waals surface area (Å²) in [7, 11) is 0. The average molecular weight is 303 g/mol. The van der Waals surface area contributed by atoms with Crippen LogP contribution in [0.2, 0.25) is 0 Å². The quantitative estimate of drug-likeness (QED) is 0.748. The van der Waals surface area contributed by atoms with Crippen molar-refractivity contribution >= 4 is 5.91 Å². The third-order valence-electron chi connectivity index (χ3n) is 4.02. The molecule has 1 amide bonds. The van der Waals surface area contributed by atoms with Crippen LogP contribution < -0.4 is 0 Å². The molecule has 1 aromatic rings. The Bertz CT molecular complexity index is 541. The van der Waals surface area contributed by atoms with E-state index >= 15 is 0 Å². The predicted octanol–water partition coefficient (Wildman–Crippen LogP) is 4.25. The van der Waals surface area contributed by atoms with E-state index in [1.54, 1.807) is 0 Å². The second-order valence-electron chi connectivity index (χ2n) is 5.39. The molecule has 1 heterocycles. The van der Waals surface area contributed by atoms with Crippen LogP contribution in [0.3, 0.4) is 0 Å². The minimum Gasteiger partial charge on any atom is -0.333 e. The van der Waals surface area contributed by atoms with Gasteiger partial charge in [0.15, 0.2) is 0 Å². The van der Waals surface area contributed by atoms with Crippen molar-refractivity contribution in [2.75, 3.05) is 0 Å². The van der Waals surface area contributed by atoms with E-state index in [4.69, 9.17) is 0 Å². The van der Waals surface area contributed by atoms with Gasteiger partial charge in [-0.3, -0.25) is 4.79 Å². The Balaban J connectivity index is 2.39. The molecular weight excluding hydrogens is 286 g/mol. The molecule has 0 aliphatic carbocycles. The lowest BCUT2D eigenvalue weighted by atomic mass is 10.1. The number of hydrogen-bond acceptors (Lipinski definition) is 1. The molecule has 1 aliphatic rings. The van der Waals surface area contributed by atoms with Crippen molar-refractivity contribution < 1.29 is 22.4 Å². The molecule has 116 valence electrons. The SMILES string of the molecule is CCC1CCC(C)N1C(=O)c1cc(C(F)(F)F)ccc1F. The third kappa shape index (κ3) is 3.04. The Hall–Kier alpha value is -1.59. The second kappa shape index (κ2) is 5.66. The van der Waals surface area contributed by atoms with Gasteiger partial charge in [0.2, 0.25) is 0 Å². The van der Waals surface area contributed by atoms with E-state index in [-0.39, 0.29) is 12.1 Å². The molecule has 6 heteroatoms. The molecular formula is C15H17F4NO. The van der Waals surface area contributed by atoms with Gasteiger partial charge in [0.25, 0.3) is 5.91 Å². The van der Waals surface area contributed by atoms with Gasteiger partial charge in [-0.15, -0.1) is 0 Å². The first-order chi connectivity index (χ1) is 9.75. The Morgan fingerprint density at radius 2 is 2.00 bits per heavy atom. The van der Waals surface area contributed by atoms with Crippen molar-refractivity contribution in [1.29, 1.82) is 0 Å². The lowest BCUT2D eigenvalue weighted by Crippen LogP contribution is -2.40. The molecule has 21 heavy (non-hydrogen) atoms. The van der Waals surface area contributed by atoms with E-state index in [2.05, 4.69) is 0 Å². The van der Waals surface area contributed by atoms with Crippen molar-refractivity contribution in [1.82, 2.24) is 4.90 Å². The summed E-state index contributed by atoms with van der Waals surface area (Å²) in [5.41, 5.74) is -1.51. The fourth-order valence-electron chi connectivity index (χ4n) is 2.84. The molecule has 1 fully saturated rings. The molecule has 1 aromatic carbocycles. The highest BCUT2D eigenvalue weighted by Crippen LogP contribution is 2.32. The molecule has 0 spiro atoms. The van der Waals surface area contributed by atoms with E-state index in [0.717, 1.165) is 12.8 Å². The van der Waals surface area contributed by atoms with Gasteiger partial charge < -0.3 is 4.90 Å². The number of nitrogens with zero attached hydrogens (tertiary/aromatic N) is 1. The molecule has 2 atom stereocenters. The lowest BCUT2D eigenvalue weighted by Gasteiger charge is -2.28. The number of halogens is 4. The van der Waals surface area contributed by atoms with Crippen molar-refractivity contribution in [2.45, 2.75) is 51.4 Å². The zero-order valence-electron chi connectivity index (χ0n) is 11.9. The van der Waals surface area contributed by atoms with E-state index in [1.807, 2.05) is 13.8 Å². The third-order valence-corrected chi connectivity index (χ3v) is 4.02. The molecule has 0 N–H and O–H groups in total. The second-order valence-corrected chi connectivity index (χ2v) is 5.39. The Kier molecular flexibility index (Phi) is 4.25. The lowest BCUT2D eigenvalue weighted by molar-refractivity contribution is -0.137. The van der Waals surface area contributed by atoms with Crippen molar-refractivity contribution in [3.8, 4) is 0 Å². The Morgan fingerprint density at radius 1 is 1.33 bits per heavy atom. The number of benzene rings is 1. The largest absolute Gasteiger partial charge is 0.416 e. The molecule has 0 aromatic heterocycles. The van der Waals surface area contributed by atoms with Gasteiger partial charge in [0.05, 0.1) is 11.1 Å². The predicted molar refractivity (Wildman–Crippen MR) is 70.3 cm³/mol. The summed E-state index contributed by atoms with van der Waals surface area (Å²) in [4.78, 5) is 14.0. The summed E-state index contributed by atoms with van der Waals surface area (Å²) in [5, 5.41) is 0. The van der Waals surface area contributed by atoms with E-state index in [0.29, 0.717) is 24.6 Å². The Labute approximate surface area is 120 Å². The molecule has 1 saturated heterocycles. The monoisotopic (exact) mass is 303 g/mol. The fourth-order valence-corrected chi connectivity index (χ4v) is 2.84. The summed E-state index contributed by atoms with van der Waals surface area (Å²) in [6.45, 7) is 3.74. The molecule has 2 unspecified atom stereocenters. The highest BCUT2D eigenvalue weighted by molar-refractivity contribution is 5.95. The minimum atomic E-state index is -4.59. The number of carbonyl (C=O) groups excluding carboxylic acids is 1. The molecule has 0 bridgehead atoms. The van der Waals surface area contributed by atoms with Crippen LogP contribution in [0.15, 0.2) is 18.2 Å². The number of likely N-dealkylation sites (tertiary alicyclic amines) is 1. The summed E-state index contributed by atoms with van der Waals surface area (Å²) in [6, 6.07) is 1.84. The Morgan fingerprint density at radius 3 is 2.57 bits per heavy atom. The maximum absolute atomic E-state index is 13.8. The van der Waals surface area contributed by atoms with Crippen molar-refractivity contribution in [3.05, 3.63) is 35.1 Å². The summed E-state index contributed by atoms with van der Waals surface area (Å²) in [6.07, 6.45) is -2.31. The number of rotatable bonds is 2. The average Bonchev–Trinajstić information content (AvgIpc) is 2.78. The van der Waals surface area contributed by atoms with Crippen LogP contribution in [0.1, 0.15) is 49.0 Å². The molecule has 0 radical (unpaired) electrons. The zero-order chi connectivity index (χ0) is 15.8. The minimum absolute atomic E-state index is 0.0403. The van der Waals surface area contributed by atoms with Crippen molar-refractivity contribution in [2.24, 2.45) is 0 Å². The van der Waals surface area contributed by atoms with E-state index < -0.39 is 29.0 Å². The van der Waals surface area contributed by atoms with Gasteiger partial charge >= 0.3 is 6.18 Å². The van der Waals surface area contributed by atoms with Crippen LogP contribution in [0.4, 0.5) is 17.6 Å². The van der Waals surface area contributed by atoms with Gasteiger partial charge in [0.1, 0.15) is 5.82 Å². The first-order valence-electron chi connectivity index (χ1n) is 6.95. The molecule has 0 saturated carbocycles. The van der Waals surface area contributed by atoms with Crippen LogP contribution in [0.25, 0.3) is 0 Å². The van der Waals surface area contributed by atoms with Gasteiger partial charge in [-0.25, -0.2) is 4.39 Å². The van der Waals surface area contributed by atoms with Crippen molar-refractivity contribution in [3.63, 3.8) is 0 Å². The topological polar surface area (TPSA) is 20.3 Å². The van der Waals surface area contributed by atoms with Gasteiger partial charge in [-0.2, -0.15) is 13.2 Å². The van der Waals surface area contributed by atoms with Gasteiger partial charge in [-0.1, -0.05) is 6.92 Å². The van der Waals surface area contributed by atoms with Crippen LogP contribution in [0.5, 0.6) is 0 Å². The van der Waals surface area contributed by atoms with Crippen LogP contribution in [-0.4, -0.2) is 22.9 Å². The van der Waals surface area contributed by atoms with E-state index in [1.165, 1.54) is 4.90 Å². The summed E-state index contributed by atoms with van der Waals surface area (Å²) < 4.78 is 51.9. The maximum atomic E-state index is 13.8. The first-order valence-corrected chi connectivity index (χ1v) is 6.95. The highest BCUT2D eigenvalue weighted by atomic mass is 19.4. The molecule has 2 rings (SSSR count). The molecule has 2 nitrogen and oxygen atoms in total. The number of carbonyl (C=O) groups is 1. The van der Waals surface area contributed by atoms with Crippen LogP contribution in [0, 0.1) is 5.82 Å². The smallest absolute Gasteiger partial charge is 0.333 e. The number of amides is 1. The van der Waals surface area contributed by atoms with Gasteiger partial charge in [-0.05, 0) is 44.4 Å². The maximum Gasteiger partial charge on any atom is 0.416 e. The fraction of sp³-hybridized carbons (Fsp3) is 0.533. The number of hydrogen-bond donors (Lipinski definition) is 0. The highest BCUT2D eigenvalue weighted by Gasteiger charge is 2.37. The normalized spacial score (nSPS) is 22.7. The summed E-state index contributed by atoms with van der Waals surface area (Å²) in [5.74, 6) is -1.57. The number of alkyl halides is 3. The zero-order valence-corrected chi connectivity index (χ0v) is 11.9. The van der Waals surface area contributed by atoms with Crippen LogP contribution in [-0.2, 0) is 6.18 Å². The molecule has 1 aliphatic heterocycles. The van der Waals surface area contributed by atoms with Gasteiger partial charge in [0, 0.05) is 12.1 Å². The van der Waals surface area contributed by atoms with E-state index in [9.17, 15) is 22.4 Å². The van der Waals surface area contributed by atoms with Crippen LogP contribution >= 0.6 is 0 Å². The first kappa shape index (κ1) is 15.8. The standard InChI is InChI=1S/C15H17F4NO/c1-3-11-6-4-9(2)20(11)14(21)12-8-10(15(17,18)19)5-7-13(12)16/h5,7-9,11H,3-4,6H2,1-2H3. The summed E-state index contributed by atoms with van der Waals surface area (Å²) >= 11 is 0.